The predicted octanol–water partition coefficient (Wildman–Crippen LogP) is 3.65. The van der Waals surface area contributed by atoms with E-state index in [1.165, 1.54) is 18.5 Å². The molecule has 1 aromatic carbocycles. The van der Waals surface area contributed by atoms with Crippen molar-refractivity contribution in [3.05, 3.63) is 53.5 Å². The lowest BCUT2D eigenvalue weighted by molar-refractivity contribution is -0.137. The minimum Gasteiger partial charge on any atom is -0.381 e. The summed E-state index contributed by atoms with van der Waals surface area (Å²) >= 11 is 0. The summed E-state index contributed by atoms with van der Waals surface area (Å²) in [6.45, 7) is 1.91. The summed E-state index contributed by atoms with van der Waals surface area (Å²) in [5.74, 6) is 0.968. The van der Waals surface area contributed by atoms with E-state index in [2.05, 4.69) is 15.3 Å². The first-order valence-electron chi connectivity index (χ1n) is 7.82. The summed E-state index contributed by atoms with van der Waals surface area (Å²) in [5, 5.41) is 3.14. The molecular formula is C17H18F3N3O. The molecule has 1 aliphatic rings. The smallest absolute Gasteiger partial charge is 0.381 e. The van der Waals surface area contributed by atoms with E-state index in [-0.39, 0.29) is 5.92 Å². The third-order valence-corrected chi connectivity index (χ3v) is 4.01. The van der Waals surface area contributed by atoms with Gasteiger partial charge in [-0.1, -0.05) is 18.2 Å². The van der Waals surface area contributed by atoms with Crippen molar-refractivity contribution < 1.29 is 17.9 Å². The minimum atomic E-state index is -4.31. The quantitative estimate of drug-likeness (QED) is 0.905. The molecule has 0 spiro atoms. The van der Waals surface area contributed by atoms with Gasteiger partial charge in [-0.2, -0.15) is 13.2 Å². The zero-order valence-electron chi connectivity index (χ0n) is 13.0. The maximum absolute atomic E-state index is 12.7. The molecule has 128 valence electrons. The Morgan fingerprint density at radius 3 is 2.83 bits per heavy atom. The average Bonchev–Trinajstić information content (AvgIpc) is 3.09. The minimum absolute atomic E-state index is 0.289. The number of alkyl halides is 3. The van der Waals surface area contributed by atoms with Crippen molar-refractivity contribution in [2.24, 2.45) is 0 Å². The summed E-state index contributed by atoms with van der Waals surface area (Å²) in [5.41, 5.74) is 0.949. The number of ether oxygens (including phenoxy) is 1. The largest absolute Gasteiger partial charge is 0.416 e. The Hall–Kier alpha value is -2.15. The zero-order chi connectivity index (χ0) is 17.0. The molecule has 0 saturated carbocycles. The molecule has 4 nitrogen and oxygen atoms in total. The monoisotopic (exact) mass is 337 g/mol. The zero-order valence-corrected chi connectivity index (χ0v) is 13.0. The Bertz CT molecular complexity index is 685. The fraction of sp³-hybridized carbons (Fsp3) is 0.412. The van der Waals surface area contributed by atoms with Crippen LogP contribution in [0, 0.1) is 0 Å². The van der Waals surface area contributed by atoms with Gasteiger partial charge >= 0.3 is 6.18 Å². The summed E-state index contributed by atoms with van der Waals surface area (Å²) in [4.78, 5) is 8.43. The van der Waals surface area contributed by atoms with Gasteiger partial charge in [0.25, 0.3) is 0 Å². The van der Waals surface area contributed by atoms with Gasteiger partial charge < -0.3 is 10.1 Å². The van der Waals surface area contributed by atoms with Gasteiger partial charge in [0, 0.05) is 25.1 Å². The van der Waals surface area contributed by atoms with E-state index in [1.807, 2.05) is 6.07 Å². The van der Waals surface area contributed by atoms with Crippen molar-refractivity contribution in [1.29, 1.82) is 0 Å². The second kappa shape index (κ2) is 7.17. The average molecular weight is 337 g/mol. The second-order valence-electron chi connectivity index (χ2n) is 5.76. The topological polar surface area (TPSA) is 47.0 Å². The van der Waals surface area contributed by atoms with Crippen LogP contribution in [0.4, 0.5) is 19.0 Å². The fourth-order valence-corrected chi connectivity index (χ4v) is 2.70. The van der Waals surface area contributed by atoms with Gasteiger partial charge in [-0.25, -0.2) is 9.97 Å². The highest BCUT2D eigenvalue weighted by molar-refractivity contribution is 5.36. The van der Waals surface area contributed by atoms with Crippen LogP contribution in [-0.2, 0) is 17.3 Å². The number of rotatable bonds is 5. The van der Waals surface area contributed by atoms with Crippen LogP contribution in [0.25, 0.3) is 0 Å². The standard InChI is InChI=1S/C17H18F3N3O/c18-17(19,20)14-3-1-2-12(8-14)4-6-21-16-9-15(22-11-23-16)13-5-7-24-10-13/h1-3,8-9,11,13H,4-7,10H2,(H,21,22,23)/t13-/m0/s1. The van der Waals surface area contributed by atoms with E-state index in [9.17, 15) is 13.2 Å². The van der Waals surface area contributed by atoms with Gasteiger partial charge in [0.05, 0.1) is 17.9 Å². The molecule has 0 unspecified atom stereocenters. The molecule has 1 aromatic heterocycles. The predicted molar refractivity (Wildman–Crippen MR) is 83.8 cm³/mol. The third-order valence-electron chi connectivity index (χ3n) is 4.01. The van der Waals surface area contributed by atoms with Crippen LogP contribution in [0.1, 0.15) is 29.2 Å². The first kappa shape index (κ1) is 16.7. The van der Waals surface area contributed by atoms with Gasteiger partial charge in [-0.3, -0.25) is 0 Å². The first-order valence-corrected chi connectivity index (χ1v) is 7.82. The fourth-order valence-electron chi connectivity index (χ4n) is 2.70. The maximum atomic E-state index is 12.7. The number of hydrogen-bond acceptors (Lipinski definition) is 4. The second-order valence-corrected chi connectivity index (χ2v) is 5.76. The Morgan fingerprint density at radius 1 is 1.21 bits per heavy atom. The van der Waals surface area contributed by atoms with Crippen molar-refractivity contribution >= 4 is 5.82 Å². The van der Waals surface area contributed by atoms with E-state index in [4.69, 9.17) is 4.74 Å². The third kappa shape index (κ3) is 4.23. The Labute approximate surface area is 138 Å². The molecule has 0 bridgehead atoms. The highest BCUT2D eigenvalue weighted by atomic mass is 19.4. The van der Waals surface area contributed by atoms with E-state index >= 15 is 0 Å². The molecule has 0 radical (unpaired) electrons. The lowest BCUT2D eigenvalue weighted by Gasteiger charge is -2.11. The Kier molecular flexibility index (Phi) is 4.99. The van der Waals surface area contributed by atoms with Gasteiger partial charge in [-0.05, 0) is 24.5 Å². The van der Waals surface area contributed by atoms with Crippen LogP contribution in [0.15, 0.2) is 36.7 Å². The van der Waals surface area contributed by atoms with E-state index < -0.39 is 11.7 Å². The molecule has 24 heavy (non-hydrogen) atoms. The molecule has 1 fully saturated rings. The van der Waals surface area contributed by atoms with Gasteiger partial charge in [0.15, 0.2) is 0 Å². The Balaban J connectivity index is 1.58. The normalized spacial score (nSPS) is 17.9. The van der Waals surface area contributed by atoms with Crippen molar-refractivity contribution in [1.82, 2.24) is 9.97 Å². The SMILES string of the molecule is FC(F)(F)c1cccc(CCNc2cc([C@H]3CCOC3)ncn2)c1. The van der Waals surface area contributed by atoms with Crippen molar-refractivity contribution in [3.63, 3.8) is 0 Å². The molecule has 0 aliphatic carbocycles. The highest BCUT2D eigenvalue weighted by Crippen LogP contribution is 2.29. The van der Waals surface area contributed by atoms with Crippen molar-refractivity contribution in [3.8, 4) is 0 Å². The molecule has 1 aliphatic heterocycles. The molecule has 1 atom stereocenters. The van der Waals surface area contributed by atoms with Crippen LogP contribution < -0.4 is 5.32 Å². The van der Waals surface area contributed by atoms with Crippen LogP contribution >= 0.6 is 0 Å². The van der Waals surface area contributed by atoms with Crippen LogP contribution in [-0.4, -0.2) is 29.7 Å². The highest BCUT2D eigenvalue weighted by Gasteiger charge is 2.30. The number of halogens is 3. The van der Waals surface area contributed by atoms with E-state index in [0.717, 1.165) is 24.8 Å². The molecule has 2 heterocycles. The van der Waals surface area contributed by atoms with Gasteiger partial charge in [-0.15, -0.1) is 0 Å². The lowest BCUT2D eigenvalue weighted by Crippen LogP contribution is -2.10. The number of nitrogens with zero attached hydrogens (tertiary/aromatic N) is 2. The van der Waals surface area contributed by atoms with E-state index in [0.29, 0.717) is 31.0 Å². The van der Waals surface area contributed by atoms with Crippen molar-refractivity contribution in [2.75, 3.05) is 25.1 Å². The van der Waals surface area contributed by atoms with Gasteiger partial charge in [0.2, 0.25) is 0 Å². The molecule has 0 amide bonds. The number of nitrogens with one attached hydrogen (secondary N) is 1. The van der Waals surface area contributed by atoms with Crippen LogP contribution in [0.5, 0.6) is 0 Å². The summed E-state index contributed by atoms with van der Waals surface area (Å²) < 4.78 is 43.5. The van der Waals surface area contributed by atoms with E-state index in [1.54, 1.807) is 6.07 Å². The molecule has 7 heteroatoms. The molecule has 1 N–H and O–H groups in total. The summed E-state index contributed by atoms with van der Waals surface area (Å²) in [6, 6.07) is 7.27. The number of benzene rings is 1. The Morgan fingerprint density at radius 2 is 2.08 bits per heavy atom. The molecule has 1 saturated heterocycles. The van der Waals surface area contributed by atoms with Crippen LogP contribution in [0.2, 0.25) is 0 Å². The molecule has 3 rings (SSSR count). The number of hydrogen-bond donors (Lipinski definition) is 1. The first-order chi connectivity index (χ1) is 11.5. The maximum Gasteiger partial charge on any atom is 0.416 e. The van der Waals surface area contributed by atoms with Gasteiger partial charge in [0.1, 0.15) is 12.1 Å². The number of aromatic nitrogens is 2. The van der Waals surface area contributed by atoms with Crippen LogP contribution in [0.3, 0.4) is 0 Å². The summed E-state index contributed by atoms with van der Waals surface area (Å²) in [6.07, 6.45) is -1.38. The lowest BCUT2D eigenvalue weighted by atomic mass is 10.0. The number of anilines is 1. The summed E-state index contributed by atoms with van der Waals surface area (Å²) in [7, 11) is 0. The molecular weight excluding hydrogens is 319 g/mol. The molecule has 2 aromatic rings. The van der Waals surface area contributed by atoms with Crippen molar-refractivity contribution in [2.45, 2.75) is 24.9 Å².